The van der Waals surface area contributed by atoms with Crippen LogP contribution >= 0.6 is 11.7 Å². The van der Waals surface area contributed by atoms with Gasteiger partial charge in [0.25, 0.3) is 0 Å². The number of nitrogens with zero attached hydrogens (tertiary/aromatic N) is 2. The first kappa shape index (κ1) is 26.8. The van der Waals surface area contributed by atoms with Gasteiger partial charge in [0, 0.05) is 23.1 Å². The zero-order chi connectivity index (χ0) is 25.2. The van der Waals surface area contributed by atoms with Gasteiger partial charge in [-0.1, -0.05) is 12.1 Å². The third kappa shape index (κ3) is 5.86. The molecule has 8 nitrogen and oxygen atoms in total. The normalized spacial score (nSPS) is 12.7. The van der Waals surface area contributed by atoms with Crippen molar-refractivity contribution in [3.05, 3.63) is 82.9 Å². The van der Waals surface area contributed by atoms with Gasteiger partial charge in [-0.25, -0.2) is 0 Å². The molecule has 1 aromatic heterocycles. The van der Waals surface area contributed by atoms with Crippen LogP contribution < -0.4 is 48.9 Å². The van der Waals surface area contributed by atoms with Crippen molar-refractivity contribution in [3.63, 3.8) is 0 Å². The van der Waals surface area contributed by atoms with E-state index in [1.165, 1.54) is 0 Å². The van der Waals surface area contributed by atoms with Gasteiger partial charge in [-0.05, 0) is 73.5 Å². The molecule has 0 N–H and O–H groups in total. The van der Waals surface area contributed by atoms with Crippen molar-refractivity contribution >= 4 is 40.1 Å². The summed E-state index contributed by atoms with van der Waals surface area (Å²) in [6.45, 7) is 3.93. The number of ether oxygens (including phenoxy) is 3. The van der Waals surface area contributed by atoms with Crippen molar-refractivity contribution in [1.29, 1.82) is 0 Å². The van der Waals surface area contributed by atoms with Crippen molar-refractivity contribution in [2.75, 3.05) is 6.79 Å². The third-order valence-electron chi connectivity index (χ3n) is 5.63. The molecule has 0 bridgehead atoms. The van der Waals surface area contributed by atoms with E-state index in [4.69, 9.17) is 14.2 Å². The van der Waals surface area contributed by atoms with Crippen LogP contribution in [-0.4, -0.2) is 33.4 Å². The molecule has 1 aliphatic rings. The van der Waals surface area contributed by atoms with Crippen molar-refractivity contribution in [3.8, 4) is 17.2 Å². The number of hydrogen-bond acceptors (Lipinski definition) is 9. The molecular formula is C27H21N2NaO6S. The summed E-state index contributed by atoms with van der Waals surface area (Å²) in [4.78, 5) is 26.3. The summed E-state index contributed by atoms with van der Waals surface area (Å²) in [6.07, 6.45) is 0.0175. The molecule has 4 aromatic rings. The van der Waals surface area contributed by atoms with Gasteiger partial charge in [0.15, 0.2) is 17.3 Å². The number of aromatic nitrogens is 2. The van der Waals surface area contributed by atoms with Crippen molar-refractivity contribution in [2.45, 2.75) is 26.4 Å². The Labute approximate surface area is 239 Å². The molecule has 0 spiro atoms. The molecule has 0 saturated carbocycles. The Kier molecular flexibility index (Phi) is 8.29. The molecule has 0 atom stereocenters. The molecule has 0 aliphatic carbocycles. The van der Waals surface area contributed by atoms with Crippen LogP contribution in [-0.2, 0) is 11.2 Å². The Morgan fingerprint density at radius 3 is 2.38 bits per heavy atom. The molecule has 0 amide bonds. The minimum atomic E-state index is -1.46. The second-order valence-electron chi connectivity index (χ2n) is 8.49. The molecule has 182 valence electrons. The Bertz CT molecular complexity index is 1500. The fourth-order valence-electron chi connectivity index (χ4n) is 4.02. The summed E-state index contributed by atoms with van der Waals surface area (Å²) < 4.78 is 24.9. The van der Waals surface area contributed by atoms with Gasteiger partial charge in [-0.2, -0.15) is 8.75 Å². The van der Waals surface area contributed by atoms with E-state index in [9.17, 15) is 14.7 Å². The van der Waals surface area contributed by atoms with Gasteiger partial charge < -0.3 is 24.1 Å². The summed E-state index contributed by atoms with van der Waals surface area (Å²) >= 11 is 1.03. The number of Topliss-reactive ketones (excluding diaryl/α,β-unsaturated/α-hetero) is 1. The summed E-state index contributed by atoms with van der Waals surface area (Å²) in [5.41, 5.74) is 2.41. The number of hydrogen-bond donors (Lipinski definition) is 0. The largest absolute Gasteiger partial charge is 1.00 e. The van der Waals surface area contributed by atoms with Crippen LogP contribution in [0.1, 0.15) is 35.3 Å². The quantitative estimate of drug-likeness (QED) is 0.190. The molecule has 5 rings (SSSR count). The van der Waals surface area contributed by atoms with Gasteiger partial charge in [-0.3, -0.25) is 4.79 Å². The standard InChI is InChI=1S/C27H22N2O6S.Na/c1-15(2)35-19-7-4-17(5-8-19)26(30)20(11-16-3-10-23-24(12-16)34-14-33-23)25(27(31)32)18-6-9-21-22(13-18)29-36-28-21;/h3-10,12-13,15H,11,14H2,1-2H3,(H,31,32);/q;+1/p-1. The Balaban J connectivity index is 0.00000320. The molecule has 0 saturated heterocycles. The van der Waals surface area contributed by atoms with Crippen LogP contribution in [0.2, 0.25) is 0 Å². The van der Waals surface area contributed by atoms with Gasteiger partial charge >= 0.3 is 29.6 Å². The predicted molar refractivity (Wildman–Crippen MR) is 132 cm³/mol. The Morgan fingerprint density at radius 1 is 0.946 bits per heavy atom. The molecule has 1 aliphatic heterocycles. The van der Waals surface area contributed by atoms with Crippen LogP contribution in [0, 0.1) is 0 Å². The van der Waals surface area contributed by atoms with Crippen LogP contribution in [0.3, 0.4) is 0 Å². The number of carbonyl (C=O) groups is 2. The average molecular weight is 525 g/mol. The monoisotopic (exact) mass is 524 g/mol. The first-order valence-electron chi connectivity index (χ1n) is 11.3. The average Bonchev–Trinajstić information content (AvgIpc) is 3.52. The topological polar surface area (TPSA) is 111 Å². The van der Waals surface area contributed by atoms with Crippen molar-refractivity contribution in [2.24, 2.45) is 0 Å². The van der Waals surface area contributed by atoms with Crippen LogP contribution in [0.15, 0.2) is 66.2 Å². The van der Waals surface area contributed by atoms with Crippen molar-refractivity contribution in [1.82, 2.24) is 8.75 Å². The third-order valence-corrected chi connectivity index (χ3v) is 6.19. The predicted octanol–water partition coefficient (Wildman–Crippen LogP) is 0.840. The van der Waals surface area contributed by atoms with Crippen LogP contribution in [0.25, 0.3) is 16.6 Å². The minimum absolute atomic E-state index is 0. The van der Waals surface area contributed by atoms with Crippen molar-refractivity contribution < 1.29 is 58.5 Å². The Hall–Kier alpha value is -3.24. The number of ketones is 1. The fraction of sp³-hybridized carbons (Fsp3) is 0.185. The number of fused-ring (bicyclic) bond motifs is 2. The van der Waals surface area contributed by atoms with Gasteiger partial charge in [0.2, 0.25) is 6.79 Å². The van der Waals surface area contributed by atoms with Crippen LogP contribution in [0.5, 0.6) is 17.2 Å². The molecule has 0 unspecified atom stereocenters. The number of carboxylic acid groups (broad SMARTS) is 1. The van der Waals surface area contributed by atoms with E-state index in [0.29, 0.717) is 45.0 Å². The summed E-state index contributed by atoms with van der Waals surface area (Å²) in [5, 5.41) is 12.5. The fourth-order valence-corrected chi connectivity index (χ4v) is 4.54. The zero-order valence-corrected chi connectivity index (χ0v) is 23.3. The SMILES string of the molecule is CC(C)Oc1ccc(C(=O)C(Cc2ccc3c(c2)OCO3)=C(C(=O)[O-])c2ccc3nsnc3c2)cc1.[Na+]. The summed E-state index contributed by atoms with van der Waals surface area (Å²) in [7, 11) is 0. The minimum Gasteiger partial charge on any atom is -0.545 e. The number of carboxylic acids is 1. The molecule has 37 heavy (non-hydrogen) atoms. The molecule has 2 heterocycles. The Morgan fingerprint density at radius 2 is 1.65 bits per heavy atom. The van der Waals surface area contributed by atoms with Gasteiger partial charge in [-0.15, -0.1) is 0 Å². The maximum absolute atomic E-state index is 13.8. The number of benzene rings is 3. The summed E-state index contributed by atoms with van der Waals surface area (Å²) in [6, 6.07) is 16.8. The first-order chi connectivity index (χ1) is 17.4. The molecule has 10 heteroatoms. The second-order valence-corrected chi connectivity index (χ2v) is 9.02. The number of aliphatic carboxylic acids is 1. The zero-order valence-electron chi connectivity index (χ0n) is 20.5. The van der Waals surface area contributed by atoms with E-state index in [0.717, 1.165) is 11.7 Å². The van der Waals surface area contributed by atoms with E-state index in [1.807, 2.05) is 13.8 Å². The first-order valence-corrected chi connectivity index (χ1v) is 12.0. The molecule has 0 fully saturated rings. The van der Waals surface area contributed by atoms with E-state index in [-0.39, 0.29) is 60.0 Å². The molecular weight excluding hydrogens is 503 g/mol. The number of carbonyl (C=O) groups excluding carboxylic acids is 2. The summed E-state index contributed by atoms with van der Waals surface area (Å²) in [5.74, 6) is -0.136. The van der Waals surface area contributed by atoms with E-state index >= 15 is 0 Å². The van der Waals surface area contributed by atoms with Gasteiger partial charge in [0.05, 0.1) is 23.8 Å². The molecule has 3 aromatic carbocycles. The van der Waals surface area contributed by atoms with E-state index in [2.05, 4.69) is 8.75 Å². The second kappa shape index (κ2) is 11.4. The maximum Gasteiger partial charge on any atom is 1.00 e. The molecule has 0 radical (unpaired) electrons. The number of allylic oxidation sites excluding steroid dienone is 1. The maximum atomic E-state index is 13.8. The van der Waals surface area contributed by atoms with Gasteiger partial charge in [0.1, 0.15) is 16.8 Å². The van der Waals surface area contributed by atoms with Crippen LogP contribution in [0.4, 0.5) is 0 Å². The van der Waals surface area contributed by atoms with E-state index < -0.39 is 11.8 Å². The smallest absolute Gasteiger partial charge is 0.545 e. The van der Waals surface area contributed by atoms with E-state index in [1.54, 1.807) is 60.7 Å². The number of rotatable bonds is 8.